The van der Waals surface area contributed by atoms with Crippen LogP contribution in [0.1, 0.15) is 27.7 Å². The molecule has 0 bridgehead atoms. The summed E-state index contributed by atoms with van der Waals surface area (Å²) in [5.74, 6) is -4.33. The Labute approximate surface area is 114 Å². The van der Waals surface area contributed by atoms with Crippen molar-refractivity contribution in [3.63, 3.8) is 0 Å². The summed E-state index contributed by atoms with van der Waals surface area (Å²) >= 11 is 0. The van der Waals surface area contributed by atoms with Crippen LogP contribution in [0, 0.1) is 0 Å². The SMILES string of the molecule is CC(=O)[O-].CC(=O)[O-].CC(=O)[O-].CC(=O)[O-].O.[Cr+4]. The van der Waals surface area contributed by atoms with Crippen LogP contribution in [0.25, 0.3) is 0 Å². The Kier molecular flexibility index (Phi) is 59.0. The molecule has 0 saturated heterocycles. The maximum absolute atomic E-state index is 8.89. The molecule has 0 saturated carbocycles. The Bertz CT molecular complexity index is 163. The van der Waals surface area contributed by atoms with Crippen LogP contribution in [-0.4, -0.2) is 29.4 Å². The molecule has 0 aliphatic heterocycles. The van der Waals surface area contributed by atoms with Gasteiger partial charge in [0.05, 0.1) is 0 Å². The molecule has 0 aromatic heterocycles. The van der Waals surface area contributed by atoms with Crippen LogP contribution in [0.3, 0.4) is 0 Å². The molecule has 9 nitrogen and oxygen atoms in total. The van der Waals surface area contributed by atoms with Crippen LogP contribution in [-0.2, 0) is 36.5 Å². The normalized spacial score (nSPS) is 5.56. The van der Waals surface area contributed by atoms with Gasteiger partial charge < -0.3 is 45.1 Å². The molecule has 0 aliphatic rings. The van der Waals surface area contributed by atoms with E-state index < -0.39 is 23.9 Å². The van der Waals surface area contributed by atoms with E-state index in [4.69, 9.17) is 39.6 Å². The fraction of sp³-hybridized carbons (Fsp3) is 0.500. The van der Waals surface area contributed by atoms with E-state index in [9.17, 15) is 0 Å². The first-order valence-electron chi connectivity index (χ1n) is 3.63. The topological polar surface area (TPSA) is 192 Å². The van der Waals surface area contributed by atoms with Crippen LogP contribution in [0.4, 0.5) is 0 Å². The first-order valence-corrected chi connectivity index (χ1v) is 3.63. The van der Waals surface area contributed by atoms with Gasteiger partial charge >= 0.3 is 17.4 Å². The number of hydrogen-bond acceptors (Lipinski definition) is 8. The average Bonchev–Trinajstić information content (AvgIpc) is 1.76. The zero-order valence-electron chi connectivity index (χ0n) is 10.2. The van der Waals surface area contributed by atoms with Gasteiger partial charge in [-0.15, -0.1) is 0 Å². The molecule has 18 heavy (non-hydrogen) atoms. The van der Waals surface area contributed by atoms with Gasteiger partial charge in [0.2, 0.25) is 0 Å². The first kappa shape index (κ1) is 36.0. The Balaban J connectivity index is -0.0000000257. The molecule has 2 N–H and O–H groups in total. The van der Waals surface area contributed by atoms with Crippen LogP contribution in [0.5, 0.6) is 0 Å². The molecular formula is C8H14CrO9. The molecule has 0 atom stereocenters. The maximum Gasteiger partial charge on any atom is 4.00 e. The van der Waals surface area contributed by atoms with E-state index in [0.29, 0.717) is 0 Å². The van der Waals surface area contributed by atoms with E-state index in [1.54, 1.807) is 0 Å². The summed E-state index contributed by atoms with van der Waals surface area (Å²) in [6.45, 7) is 3.89. The monoisotopic (exact) mass is 306 g/mol. The van der Waals surface area contributed by atoms with Gasteiger partial charge in [0.15, 0.2) is 0 Å². The number of rotatable bonds is 0. The molecule has 0 unspecified atom stereocenters. The molecule has 106 valence electrons. The average molecular weight is 306 g/mol. The third-order valence-corrected chi connectivity index (χ3v) is 0. The standard InChI is InChI=1S/4C2H4O2.Cr.H2O/c4*1-2(3)4;;/h4*1H3,(H,3,4);;1H2/q;;;;+4;/p-4. The summed E-state index contributed by atoms with van der Waals surface area (Å²) in [6, 6.07) is 0. The van der Waals surface area contributed by atoms with Crippen LogP contribution in [0.15, 0.2) is 0 Å². The van der Waals surface area contributed by atoms with E-state index in [2.05, 4.69) is 0 Å². The van der Waals surface area contributed by atoms with Crippen molar-refractivity contribution in [2.24, 2.45) is 0 Å². The predicted molar refractivity (Wildman–Crippen MR) is 46.3 cm³/mol. The molecule has 0 spiro atoms. The van der Waals surface area contributed by atoms with Crippen molar-refractivity contribution >= 4 is 23.9 Å². The number of carboxylic acids is 4. The molecule has 0 aliphatic carbocycles. The van der Waals surface area contributed by atoms with Gasteiger partial charge in [0.1, 0.15) is 0 Å². The molecule has 10 heteroatoms. The van der Waals surface area contributed by atoms with Gasteiger partial charge in [-0.05, 0) is 27.7 Å². The van der Waals surface area contributed by atoms with E-state index in [0.717, 1.165) is 27.7 Å². The minimum Gasteiger partial charge on any atom is -0.550 e. The molecule has 0 heterocycles. The Morgan fingerprint density at radius 1 is 0.556 bits per heavy atom. The largest absolute Gasteiger partial charge is 4.00 e. The summed E-state index contributed by atoms with van der Waals surface area (Å²) in [6.07, 6.45) is 0. The molecule has 0 amide bonds. The first-order chi connectivity index (χ1) is 6.93. The van der Waals surface area contributed by atoms with Gasteiger partial charge in [-0.3, -0.25) is 0 Å². The van der Waals surface area contributed by atoms with Crippen LogP contribution < -0.4 is 20.4 Å². The summed E-state index contributed by atoms with van der Waals surface area (Å²) in [5.41, 5.74) is 0. The number of carbonyl (C=O) groups is 4. The third kappa shape index (κ3) is 970. The van der Waals surface area contributed by atoms with Crippen molar-refractivity contribution in [1.29, 1.82) is 0 Å². The number of carboxylic acid groups (broad SMARTS) is 4. The number of carbonyl (C=O) groups excluding carboxylic acids is 4. The van der Waals surface area contributed by atoms with Crippen molar-refractivity contribution in [2.75, 3.05) is 0 Å². The van der Waals surface area contributed by atoms with E-state index in [1.165, 1.54) is 0 Å². The molecule has 0 rings (SSSR count). The second-order valence-corrected chi connectivity index (χ2v) is 1.97. The quantitative estimate of drug-likeness (QED) is 0.422. The minimum atomic E-state index is -1.08. The van der Waals surface area contributed by atoms with Gasteiger partial charge in [-0.1, -0.05) is 0 Å². The molecule has 0 radical (unpaired) electrons. The van der Waals surface area contributed by atoms with Crippen molar-refractivity contribution in [1.82, 2.24) is 0 Å². The molecular weight excluding hydrogens is 292 g/mol. The summed E-state index contributed by atoms with van der Waals surface area (Å²) in [7, 11) is 0. The molecule has 0 fully saturated rings. The Hall–Kier alpha value is -1.63. The molecule has 0 aromatic carbocycles. The van der Waals surface area contributed by atoms with Gasteiger partial charge in [-0.2, -0.15) is 0 Å². The maximum atomic E-state index is 8.89. The van der Waals surface area contributed by atoms with Crippen molar-refractivity contribution < 1.29 is 62.4 Å². The smallest absolute Gasteiger partial charge is 0.550 e. The van der Waals surface area contributed by atoms with E-state index in [1.807, 2.05) is 0 Å². The number of hydrogen-bond donors (Lipinski definition) is 0. The zero-order chi connectivity index (χ0) is 14.3. The summed E-state index contributed by atoms with van der Waals surface area (Å²) in [5, 5.41) is 35.6. The van der Waals surface area contributed by atoms with E-state index in [-0.39, 0.29) is 22.8 Å². The van der Waals surface area contributed by atoms with E-state index >= 15 is 0 Å². The van der Waals surface area contributed by atoms with Crippen molar-refractivity contribution in [3.05, 3.63) is 0 Å². The van der Waals surface area contributed by atoms with Crippen molar-refractivity contribution in [3.8, 4) is 0 Å². The fourth-order valence-electron chi connectivity index (χ4n) is 0. The summed E-state index contributed by atoms with van der Waals surface area (Å²) in [4.78, 5) is 35.6. The summed E-state index contributed by atoms with van der Waals surface area (Å²) < 4.78 is 0. The third-order valence-electron chi connectivity index (χ3n) is 0. The fourth-order valence-corrected chi connectivity index (χ4v) is 0. The van der Waals surface area contributed by atoms with Gasteiger partial charge in [-0.25, -0.2) is 0 Å². The van der Waals surface area contributed by atoms with Crippen LogP contribution >= 0.6 is 0 Å². The molecule has 0 aromatic rings. The second kappa shape index (κ2) is 29.5. The van der Waals surface area contributed by atoms with Crippen molar-refractivity contribution in [2.45, 2.75) is 27.7 Å². The zero-order valence-corrected chi connectivity index (χ0v) is 11.4. The predicted octanol–water partition coefficient (Wildman–Crippen LogP) is -5.80. The Morgan fingerprint density at radius 2 is 0.556 bits per heavy atom. The van der Waals surface area contributed by atoms with Gasteiger partial charge in [0, 0.05) is 23.9 Å². The Morgan fingerprint density at radius 3 is 0.556 bits per heavy atom. The number of aliphatic carboxylic acids is 4. The van der Waals surface area contributed by atoms with Crippen LogP contribution in [0.2, 0.25) is 0 Å². The second-order valence-electron chi connectivity index (χ2n) is 1.97. The minimum absolute atomic E-state index is 0. The van der Waals surface area contributed by atoms with Gasteiger partial charge in [0.25, 0.3) is 0 Å².